The fourth-order valence-corrected chi connectivity index (χ4v) is 8.52. The molecular formula is C39H24N2S2. The first kappa shape index (κ1) is 24.6. The number of rotatable bonds is 4. The van der Waals surface area contributed by atoms with Crippen LogP contribution in [0.5, 0.6) is 0 Å². The van der Waals surface area contributed by atoms with Crippen molar-refractivity contribution in [2.24, 2.45) is 0 Å². The quantitative estimate of drug-likeness (QED) is 0.205. The van der Waals surface area contributed by atoms with Crippen LogP contribution in [0.15, 0.2) is 146 Å². The summed E-state index contributed by atoms with van der Waals surface area (Å²) in [7, 11) is 0. The van der Waals surface area contributed by atoms with Crippen molar-refractivity contribution >= 4 is 90.9 Å². The van der Waals surface area contributed by atoms with Crippen LogP contribution >= 0.6 is 22.7 Å². The van der Waals surface area contributed by atoms with Crippen LogP contribution in [0.1, 0.15) is 0 Å². The monoisotopic (exact) mass is 584 g/mol. The van der Waals surface area contributed by atoms with Gasteiger partial charge >= 0.3 is 0 Å². The molecule has 0 bridgehead atoms. The number of hydrogen-bond acceptors (Lipinski definition) is 4. The summed E-state index contributed by atoms with van der Waals surface area (Å²) in [6.07, 6.45) is 4.02. The molecular weight excluding hydrogens is 561 g/mol. The lowest BCUT2D eigenvalue weighted by Gasteiger charge is -2.26. The molecule has 6 aromatic carbocycles. The molecule has 3 heterocycles. The maximum absolute atomic E-state index is 4.66. The molecule has 4 heteroatoms. The number of aromatic nitrogens is 1. The van der Waals surface area contributed by atoms with Crippen LogP contribution in [0.4, 0.5) is 17.1 Å². The van der Waals surface area contributed by atoms with Crippen molar-refractivity contribution in [2.75, 3.05) is 4.90 Å². The molecule has 0 aliphatic carbocycles. The van der Waals surface area contributed by atoms with Crippen molar-refractivity contribution in [2.45, 2.75) is 0 Å². The number of nitrogens with zero attached hydrogens (tertiary/aromatic N) is 2. The zero-order valence-corrected chi connectivity index (χ0v) is 24.7. The van der Waals surface area contributed by atoms with Gasteiger partial charge in [-0.25, -0.2) is 0 Å². The molecule has 0 saturated heterocycles. The summed E-state index contributed by atoms with van der Waals surface area (Å²) >= 11 is 3.67. The minimum absolute atomic E-state index is 1.12. The van der Waals surface area contributed by atoms with Crippen LogP contribution in [-0.4, -0.2) is 4.98 Å². The molecule has 0 saturated carbocycles. The van der Waals surface area contributed by atoms with Crippen LogP contribution in [-0.2, 0) is 0 Å². The van der Waals surface area contributed by atoms with Crippen molar-refractivity contribution in [1.29, 1.82) is 0 Å². The maximum Gasteiger partial charge on any atom is 0.0545 e. The second-order valence-corrected chi connectivity index (χ2v) is 13.0. The lowest BCUT2D eigenvalue weighted by molar-refractivity contribution is 1.29. The summed E-state index contributed by atoms with van der Waals surface area (Å²) in [6.45, 7) is 0. The number of thiophene rings is 2. The van der Waals surface area contributed by atoms with Crippen molar-refractivity contribution < 1.29 is 0 Å². The average molecular weight is 585 g/mol. The van der Waals surface area contributed by atoms with E-state index in [2.05, 4.69) is 143 Å². The molecule has 0 atom stereocenters. The predicted molar refractivity (Wildman–Crippen MR) is 188 cm³/mol. The molecule has 202 valence electrons. The van der Waals surface area contributed by atoms with Crippen LogP contribution in [0.25, 0.3) is 62.2 Å². The van der Waals surface area contributed by atoms with Gasteiger partial charge in [0.2, 0.25) is 0 Å². The first-order valence-corrected chi connectivity index (χ1v) is 16.0. The van der Waals surface area contributed by atoms with Gasteiger partial charge in [0.1, 0.15) is 0 Å². The molecule has 0 aliphatic heterocycles. The van der Waals surface area contributed by atoms with E-state index in [-0.39, 0.29) is 0 Å². The van der Waals surface area contributed by atoms with Gasteiger partial charge in [0, 0.05) is 70.7 Å². The van der Waals surface area contributed by atoms with E-state index in [4.69, 9.17) is 0 Å². The second kappa shape index (κ2) is 9.77. The van der Waals surface area contributed by atoms with E-state index < -0.39 is 0 Å². The van der Waals surface area contributed by atoms with E-state index in [9.17, 15) is 0 Å². The third kappa shape index (κ3) is 4.03. The fourth-order valence-electron chi connectivity index (χ4n) is 6.30. The topological polar surface area (TPSA) is 16.1 Å². The largest absolute Gasteiger partial charge is 0.310 e. The van der Waals surface area contributed by atoms with E-state index in [1.807, 2.05) is 35.1 Å². The molecule has 2 nitrogen and oxygen atoms in total. The number of benzene rings is 6. The summed E-state index contributed by atoms with van der Waals surface area (Å²) in [6, 6.07) is 48.4. The molecule has 9 rings (SSSR count). The highest BCUT2D eigenvalue weighted by Crippen LogP contribution is 2.43. The van der Waals surface area contributed by atoms with Gasteiger partial charge in [-0.3, -0.25) is 4.98 Å². The van der Waals surface area contributed by atoms with Gasteiger partial charge in [-0.2, -0.15) is 0 Å². The van der Waals surface area contributed by atoms with Crippen molar-refractivity contribution in [3.8, 4) is 11.1 Å². The van der Waals surface area contributed by atoms with Crippen molar-refractivity contribution in [1.82, 2.24) is 4.98 Å². The summed E-state index contributed by atoms with van der Waals surface area (Å²) < 4.78 is 5.15. The predicted octanol–water partition coefficient (Wildman–Crippen LogP) is 12.1. The van der Waals surface area contributed by atoms with Gasteiger partial charge in [-0.1, -0.05) is 72.8 Å². The number of para-hydroxylation sites is 1. The molecule has 0 N–H and O–H groups in total. The lowest BCUT2D eigenvalue weighted by atomic mass is 9.99. The Morgan fingerprint density at radius 1 is 0.442 bits per heavy atom. The Hall–Kier alpha value is -5.03. The summed E-state index contributed by atoms with van der Waals surface area (Å²) in [5, 5.41) is 7.72. The average Bonchev–Trinajstić information content (AvgIpc) is 3.62. The van der Waals surface area contributed by atoms with Crippen molar-refractivity contribution in [3.63, 3.8) is 0 Å². The molecule has 0 radical (unpaired) electrons. The molecule has 43 heavy (non-hydrogen) atoms. The van der Waals surface area contributed by atoms with Crippen LogP contribution < -0.4 is 4.90 Å². The summed E-state index contributed by atoms with van der Waals surface area (Å²) in [4.78, 5) is 7.00. The first-order chi connectivity index (χ1) is 21.3. The highest BCUT2D eigenvalue weighted by atomic mass is 32.1. The van der Waals surface area contributed by atoms with Gasteiger partial charge in [-0.15, -0.1) is 22.7 Å². The fraction of sp³-hybridized carbons (Fsp3) is 0. The Morgan fingerprint density at radius 2 is 1.12 bits per heavy atom. The Bertz CT molecular complexity index is 2450. The Morgan fingerprint density at radius 3 is 1.98 bits per heavy atom. The third-order valence-corrected chi connectivity index (χ3v) is 10.6. The van der Waals surface area contributed by atoms with E-state index in [0.717, 1.165) is 17.1 Å². The SMILES string of the molecule is c1ccc(N(c2ccc(-c3cncc4sc5cc6ccccc6cc5c34)cc2)c2ccc3sc4ccccc4c3c2)cc1. The van der Waals surface area contributed by atoms with Crippen LogP contribution in [0.3, 0.4) is 0 Å². The molecule has 9 aromatic rings. The van der Waals surface area contributed by atoms with E-state index in [1.165, 1.54) is 62.2 Å². The zero-order chi connectivity index (χ0) is 28.3. The third-order valence-electron chi connectivity index (χ3n) is 8.32. The number of anilines is 3. The smallest absolute Gasteiger partial charge is 0.0545 e. The van der Waals surface area contributed by atoms with Gasteiger partial charge in [0.05, 0.1) is 4.70 Å². The number of fused-ring (bicyclic) bond motifs is 7. The molecule has 0 unspecified atom stereocenters. The molecule has 0 spiro atoms. The van der Waals surface area contributed by atoms with Gasteiger partial charge < -0.3 is 4.90 Å². The number of hydrogen-bond donors (Lipinski definition) is 0. The number of pyridine rings is 1. The molecule has 0 amide bonds. The second-order valence-electron chi connectivity index (χ2n) is 10.9. The molecule has 3 aromatic heterocycles. The minimum atomic E-state index is 1.12. The highest BCUT2D eigenvalue weighted by molar-refractivity contribution is 7.26. The van der Waals surface area contributed by atoms with E-state index >= 15 is 0 Å². The molecule has 0 fully saturated rings. The standard InChI is InChI=1S/C39H24N2S2/c1-2-10-28(11-3-1)41(30-18-19-36-32(22-30)31-12-6-7-13-35(31)42-36)29-16-14-25(15-17-29)34-23-40-24-38-39(34)33-20-26-8-4-5-9-27(26)21-37(33)43-38/h1-24H. The van der Waals surface area contributed by atoms with E-state index in [0.29, 0.717) is 0 Å². The Balaban J connectivity index is 1.19. The van der Waals surface area contributed by atoms with Crippen molar-refractivity contribution in [3.05, 3.63) is 146 Å². The minimum Gasteiger partial charge on any atom is -0.310 e. The van der Waals surface area contributed by atoms with Crippen LogP contribution in [0.2, 0.25) is 0 Å². The van der Waals surface area contributed by atoms with Gasteiger partial charge in [0.25, 0.3) is 0 Å². The highest BCUT2D eigenvalue weighted by Gasteiger charge is 2.16. The van der Waals surface area contributed by atoms with Gasteiger partial charge in [0.15, 0.2) is 0 Å². The Labute approximate surface area is 256 Å². The zero-order valence-electron chi connectivity index (χ0n) is 23.1. The summed E-state index contributed by atoms with van der Waals surface area (Å²) in [5.41, 5.74) is 5.74. The van der Waals surface area contributed by atoms with Crippen LogP contribution in [0, 0.1) is 0 Å². The summed E-state index contributed by atoms with van der Waals surface area (Å²) in [5.74, 6) is 0. The maximum atomic E-state index is 4.66. The van der Waals surface area contributed by atoms with Gasteiger partial charge in [-0.05, 0) is 77.0 Å². The Kier molecular flexibility index (Phi) is 5.58. The lowest BCUT2D eigenvalue weighted by Crippen LogP contribution is -2.09. The first-order valence-electron chi connectivity index (χ1n) is 14.4. The normalized spacial score (nSPS) is 11.7. The van der Waals surface area contributed by atoms with E-state index in [1.54, 1.807) is 0 Å². The molecule has 0 aliphatic rings.